The van der Waals surface area contributed by atoms with E-state index in [1.807, 2.05) is 60.9 Å². The van der Waals surface area contributed by atoms with Crippen LogP contribution in [0.1, 0.15) is 24.4 Å². The van der Waals surface area contributed by atoms with E-state index in [-0.39, 0.29) is 12.7 Å². The molecule has 1 heterocycles. The Labute approximate surface area is 142 Å². The SMILES string of the molecule is CC(OCC(O)CN(C)Cc1nccn1C)c1ccc(Cl)cc1. The lowest BCUT2D eigenvalue weighted by molar-refractivity contribution is -0.0140. The van der Waals surface area contributed by atoms with Crippen molar-refractivity contribution in [1.29, 1.82) is 0 Å². The highest BCUT2D eigenvalue weighted by molar-refractivity contribution is 6.30. The van der Waals surface area contributed by atoms with Crippen molar-refractivity contribution in [3.63, 3.8) is 0 Å². The largest absolute Gasteiger partial charge is 0.389 e. The van der Waals surface area contributed by atoms with Crippen LogP contribution in [0.15, 0.2) is 36.7 Å². The monoisotopic (exact) mass is 337 g/mol. The number of halogens is 1. The van der Waals surface area contributed by atoms with E-state index in [2.05, 4.69) is 4.98 Å². The molecule has 0 fully saturated rings. The smallest absolute Gasteiger partial charge is 0.122 e. The van der Waals surface area contributed by atoms with Gasteiger partial charge < -0.3 is 14.4 Å². The molecule has 0 bridgehead atoms. The second-order valence-electron chi connectivity index (χ2n) is 5.83. The van der Waals surface area contributed by atoms with Gasteiger partial charge in [0.15, 0.2) is 0 Å². The van der Waals surface area contributed by atoms with Crippen molar-refractivity contribution in [3.8, 4) is 0 Å². The second-order valence-corrected chi connectivity index (χ2v) is 6.27. The van der Waals surface area contributed by atoms with Crippen LogP contribution in [0.5, 0.6) is 0 Å². The van der Waals surface area contributed by atoms with Crippen molar-refractivity contribution in [2.24, 2.45) is 7.05 Å². The Morgan fingerprint density at radius 2 is 2.04 bits per heavy atom. The molecule has 0 amide bonds. The zero-order chi connectivity index (χ0) is 16.8. The molecule has 0 saturated heterocycles. The number of benzene rings is 1. The van der Waals surface area contributed by atoms with Crippen molar-refractivity contribution in [1.82, 2.24) is 14.5 Å². The molecule has 5 nitrogen and oxygen atoms in total. The minimum Gasteiger partial charge on any atom is -0.389 e. The van der Waals surface area contributed by atoms with E-state index in [4.69, 9.17) is 16.3 Å². The standard InChI is InChI=1S/C17H24ClN3O2/c1-13(14-4-6-15(18)7-5-14)23-12-16(22)10-20(2)11-17-19-8-9-21(17)3/h4-9,13,16,22H,10-12H2,1-3H3. The zero-order valence-corrected chi connectivity index (χ0v) is 14.6. The van der Waals surface area contributed by atoms with Crippen LogP contribution >= 0.6 is 11.6 Å². The van der Waals surface area contributed by atoms with Gasteiger partial charge in [0.2, 0.25) is 0 Å². The minimum absolute atomic E-state index is 0.0817. The second kappa shape index (κ2) is 8.45. The van der Waals surface area contributed by atoms with Crippen molar-refractivity contribution in [2.75, 3.05) is 20.2 Å². The summed E-state index contributed by atoms with van der Waals surface area (Å²) in [6, 6.07) is 7.56. The number of aliphatic hydroxyl groups is 1. The van der Waals surface area contributed by atoms with E-state index in [1.165, 1.54) is 0 Å². The van der Waals surface area contributed by atoms with Crippen molar-refractivity contribution in [3.05, 3.63) is 53.1 Å². The summed E-state index contributed by atoms with van der Waals surface area (Å²) in [5.41, 5.74) is 1.04. The number of rotatable bonds is 8. The summed E-state index contributed by atoms with van der Waals surface area (Å²) in [5.74, 6) is 0.968. The molecule has 2 rings (SSSR count). The lowest BCUT2D eigenvalue weighted by Crippen LogP contribution is -2.32. The number of nitrogens with zero attached hydrogens (tertiary/aromatic N) is 3. The predicted octanol–water partition coefficient (Wildman–Crippen LogP) is 2.64. The molecule has 0 radical (unpaired) electrons. The molecule has 2 unspecified atom stereocenters. The molecule has 0 aliphatic heterocycles. The van der Waals surface area contributed by atoms with Crippen LogP contribution in [0.2, 0.25) is 5.02 Å². The maximum atomic E-state index is 10.1. The van der Waals surface area contributed by atoms with Gasteiger partial charge in [-0.05, 0) is 31.7 Å². The summed E-state index contributed by atoms with van der Waals surface area (Å²) in [7, 11) is 3.92. The lowest BCUT2D eigenvalue weighted by Gasteiger charge is -2.22. The highest BCUT2D eigenvalue weighted by Gasteiger charge is 2.13. The Morgan fingerprint density at radius 1 is 1.35 bits per heavy atom. The Bertz CT molecular complexity index is 600. The summed E-state index contributed by atoms with van der Waals surface area (Å²) in [6.45, 7) is 3.47. The summed E-state index contributed by atoms with van der Waals surface area (Å²) in [6.07, 6.45) is 3.06. The fraction of sp³-hybridized carbons (Fsp3) is 0.471. The van der Waals surface area contributed by atoms with Gasteiger partial charge in [0.05, 0.1) is 25.4 Å². The van der Waals surface area contributed by atoms with Gasteiger partial charge in [-0.25, -0.2) is 4.98 Å². The maximum absolute atomic E-state index is 10.1. The molecular weight excluding hydrogens is 314 g/mol. The third-order valence-corrected chi connectivity index (χ3v) is 3.98. The maximum Gasteiger partial charge on any atom is 0.122 e. The molecule has 0 spiro atoms. The lowest BCUT2D eigenvalue weighted by atomic mass is 10.1. The van der Waals surface area contributed by atoms with Gasteiger partial charge >= 0.3 is 0 Å². The van der Waals surface area contributed by atoms with Crippen molar-refractivity contribution in [2.45, 2.75) is 25.7 Å². The van der Waals surface area contributed by atoms with Crippen LogP contribution in [0.25, 0.3) is 0 Å². The first-order chi connectivity index (χ1) is 11.0. The van der Waals surface area contributed by atoms with Gasteiger partial charge in [-0.2, -0.15) is 0 Å². The third-order valence-electron chi connectivity index (χ3n) is 3.73. The van der Waals surface area contributed by atoms with E-state index < -0.39 is 6.10 Å². The fourth-order valence-corrected chi connectivity index (χ4v) is 2.48. The Hall–Kier alpha value is -1.40. The van der Waals surface area contributed by atoms with Crippen LogP contribution in [0.4, 0.5) is 0 Å². The average molecular weight is 338 g/mol. The van der Waals surface area contributed by atoms with Crippen LogP contribution in [0, 0.1) is 0 Å². The van der Waals surface area contributed by atoms with Crippen LogP contribution < -0.4 is 0 Å². The first kappa shape index (κ1) is 17.9. The molecule has 23 heavy (non-hydrogen) atoms. The molecule has 1 N–H and O–H groups in total. The molecule has 1 aromatic carbocycles. The van der Waals surface area contributed by atoms with Crippen LogP contribution in [0.3, 0.4) is 0 Å². The van der Waals surface area contributed by atoms with E-state index in [0.29, 0.717) is 18.1 Å². The van der Waals surface area contributed by atoms with E-state index in [0.717, 1.165) is 11.4 Å². The van der Waals surface area contributed by atoms with Gasteiger partial charge in [0, 0.05) is 31.0 Å². The third kappa shape index (κ3) is 5.62. The summed E-state index contributed by atoms with van der Waals surface area (Å²) < 4.78 is 7.72. The number of aliphatic hydroxyl groups excluding tert-OH is 1. The number of imidazole rings is 1. The van der Waals surface area contributed by atoms with Gasteiger partial charge in [-0.1, -0.05) is 23.7 Å². The molecule has 2 atom stereocenters. The Morgan fingerprint density at radius 3 is 2.65 bits per heavy atom. The topological polar surface area (TPSA) is 50.5 Å². The number of hydrogen-bond donors (Lipinski definition) is 1. The highest BCUT2D eigenvalue weighted by Crippen LogP contribution is 2.19. The first-order valence-electron chi connectivity index (χ1n) is 7.65. The highest BCUT2D eigenvalue weighted by atomic mass is 35.5. The molecule has 0 saturated carbocycles. The van der Waals surface area contributed by atoms with E-state index in [9.17, 15) is 5.11 Å². The first-order valence-corrected chi connectivity index (χ1v) is 8.03. The molecule has 2 aromatic rings. The molecule has 6 heteroatoms. The van der Waals surface area contributed by atoms with Gasteiger partial charge in [0.25, 0.3) is 0 Å². The summed E-state index contributed by atoms with van der Waals surface area (Å²) >= 11 is 5.88. The molecule has 0 aliphatic rings. The predicted molar refractivity (Wildman–Crippen MR) is 91.4 cm³/mol. The summed E-state index contributed by atoms with van der Waals surface area (Å²) in [5, 5.41) is 10.8. The van der Waals surface area contributed by atoms with Crippen molar-refractivity contribution >= 4 is 11.6 Å². The zero-order valence-electron chi connectivity index (χ0n) is 13.8. The average Bonchev–Trinajstić information content (AvgIpc) is 2.90. The number of ether oxygens (including phenoxy) is 1. The van der Waals surface area contributed by atoms with Crippen LogP contribution in [-0.4, -0.2) is 45.9 Å². The van der Waals surface area contributed by atoms with Gasteiger partial charge in [-0.15, -0.1) is 0 Å². The molecule has 0 aliphatic carbocycles. The van der Waals surface area contributed by atoms with Gasteiger partial charge in [-0.3, -0.25) is 4.90 Å². The Balaban J connectivity index is 1.74. The number of aryl methyl sites for hydroxylation is 1. The molecule has 126 valence electrons. The molecule has 1 aromatic heterocycles. The Kier molecular flexibility index (Phi) is 6.59. The summed E-state index contributed by atoms with van der Waals surface area (Å²) in [4.78, 5) is 6.31. The number of aromatic nitrogens is 2. The number of hydrogen-bond acceptors (Lipinski definition) is 4. The van der Waals surface area contributed by atoms with Crippen molar-refractivity contribution < 1.29 is 9.84 Å². The van der Waals surface area contributed by atoms with E-state index >= 15 is 0 Å². The normalized spacial score (nSPS) is 14.2. The van der Waals surface area contributed by atoms with E-state index in [1.54, 1.807) is 6.20 Å². The fourth-order valence-electron chi connectivity index (χ4n) is 2.35. The van der Waals surface area contributed by atoms with Crippen LogP contribution in [-0.2, 0) is 18.3 Å². The van der Waals surface area contributed by atoms with Gasteiger partial charge in [0.1, 0.15) is 5.82 Å². The minimum atomic E-state index is -0.546. The number of likely N-dealkylation sites (N-methyl/N-ethyl adjacent to an activating group) is 1. The molecular formula is C17H24ClN3O2. The quantitative estimate of drug-likeness (QED) is 0.804.